The minimum Gasteiger partial charge on any atom is -0.439 e. The van der Waals surface area contributed by atoms with Crippen molar-refractivity contribution >= 4 is 24.3 Å². The Bertz CT molecular complexity index is 590. The smallest absolute Gasteiger partial charge is 0.343 e. The third-order valence-corrected chi connectivity index (χ3v) is 2.88. The van der Waals surface area contributed by atoms with Crippen molar-refractivity contribution < 1.29 is 19.1 Å². The van der Waals surface area contributed by atoms with Crippen molar-refractivity contribution in [3.05, 3.63) is 67.8 Å². The van der Waals surface area contributed by atoms with Gasteiger partial charge < -0.3 is 9.47 Å². The van der Waals surface area contributed by atoms with Crippen molar-refractivity contribution in [3.63, 3.8) is 0 Å². The summed E-state index contributed by atoms with van der Waals surface area (Å²) in [4.78, 5) is 25.3. The Kier molecular flexibility index (Phi) is 10.1. The number of benzene rings is 1. The summed E-state index contributed by atoms with van der Waals surface area (Å²) in [5.41, 5.74) is 0.173. The van der Waals surface area contributed by atoms with Crippen LogP contribution in [0.1, 0.15) is 17.3 Å². The number of carbonyl (C=O) groups is 2. The Morgan fingerprint density at radius 1 is 1.17 bits per heavy atom. The zero-order chi connectivity index (χ0) is 17.2. The molecule has 0 aliphatic heterocycles. The fraction of sp³-hybridized carbons (Fsp3) is 0.222. The third kappa shape index (κ3) is 6.40. The van der Waals surface area contributed by atoms with Crippen LogP contribution in [0, 0.1) is 0 Å². The van der Waals surface area contributed by atoms with E-state index >= 15 is 0 Å². The molecule has 0 aromatic heterocycles. The molecule has 0 aliphatic carbocycles. The van der Waals surface area contributed by atoms with Crippen molar-refractivity contribution in [2.75, 3.05) is 13.1 Å². The minimum absolute atomic E-state index is 0. The van der Waals surface area contributed by atoms with Crippen LogP contribution in [0.3, 0.4) is 0 Å². The largest absolute Gasteiger partial charge is 0.439 e. The highest BCUT2D eigenvalue weighted by atomic mass is 35.5. The SMILES string of the molecule is C=CCN(CC=C)C(C=C)OC(=O)c1ccccc1OC(C)=O.Cl. The van der Waals surface area contributed by atoms with E-state index in [1.54, 1.807) is 24.3 Å². The van der Waals surface area contributed by atoms with Crippen LogP contribution in [0.15, 0.2) is 62.2 Å². The van der Waals surface area contributed by atoms with Gasteiger partial charge in [0, 0.05) is 20.0 Å². The third-order valence-electron chi connectivity index (χ3n) is 2.88. The Labute approximate surface area is 148 Å². The maximum absolute atomic E-state index is 12.4. The molecule has 0 fully saturated rings. The van der Waals surface area contributed by atoms with Crippen LogP contribution in [-0.2, 0) is 9.53 Å². The van der Waals surface area contributed by atoms with Crippen LogP contribution in [0.4, 0.5) is 0 Å². The second kappa shape index (κ2) is 11.2. The zero-order valence-corrected chi connectivity index (χ0v) is 14.5. The lowest BCUT2D eigenvalue weighted by molar-refractivity contribution is -0.131. The molecular formula is C18H22ClNO4. The molecule has 0 N–H and O–H groups in total. The molecule has 0 amide bonds. The van der Waals surface area contributed by atoms with Gasteiger partial charge in [-0.15, -0.1) is 25.6 Å². The summed E-state index contributed by atoms with van der Waals surface area (Å²) in [6.45, 7) is 13.3. The number of carbonyl (C=O) groups excluding carboxylic acids is 2. The number of nitrogens with zero attached hydrogens (tertiary/aromatic N) is 1. The van der Waals surface area contributed by atoms with Gasteiger partial charge in [0.15, 0.2) is 6.23 Å². The molecule has 0 heterocycles. The minimum atomic E-state index is -0.649. The van der Waals surface area contributed by atoms with Gasteiger partial charge in [-0.1, -0.05) is 30.9 Å². The van der Waals surface area contributed by atoms with Crippen molar-refractivity contribution in [3.8, 4) is 5.75 Å². The number of para-hydroxylation sites is 1. The van der Waals surface area contributed by atoms with E-state index in [2.05, 4.69) is 19.7 Å². The number of esters is 2. The Morgan fingerprint density at radius 2 is 1.75 bits per heavy atom. The van der Waals surface area contributed by atoms with Gasteiger partial charge in [-0.25, -0.2) is 4.79 Å². The first-order chi connectivity index (χ1) is 11.0. The van der Waals surface area contributed by atoms with E-state index in [1.807, 2.05) is 4.90 Å². The van der Waals surface area contributed by atoms with Crippen molar-refractivity contribution in [2.45, 2.75) is 13.2 Å². The summed E-state index contributed by atoms with van der Waals surface area (Å²) in [5, 5.41) is 0. The Balaban J connectivity index is 0.00000529. The molecule has 6 heteroatoms. The summed E-state index contributed by atoms with van der Waals surface area (Å²) in [6, 6.07) is 6.40. The highest BCUT2D eigenvalue weighted by Gasteiger charge is 2.21. The predicted molar refractivity (Wildman–Crippen MR) is 96.4 cm³/mol. The zero-order valence-electron chi connectivity index (χ0n) is 13.6. The molecule has 1 aromatic rings. The van der Waals surface area contributed by atoms with E-state index in [0.717, 1.165) is 0 Å². The monoisotopic (exact) mass is 351 g/mol. The number of rotatable bonds is 9. The molecule has 1 rings (SSSR count). The van der Waals surface area contributed by atoms with Crippen LogP contribution >= 0.6 is 12.4 Å². The maximum atomic E-state index is 12.4. The number of hydrogen-bond donors (Lipinski definition) is 0. The van der Waals surface area contributed by atoms with Gasteiger partial charge in [0.25, 0.3) is 0 Å². The first-order valence-corrected chi connectivity index (χ1v) is 7.10. The summed E-state index contributed by atoms with van der Waals surface area (Å²) in [7, 11) is 0. The van der Waals surface area contributed by atoms with Gasteiger partial charge in [-0.3, -0.25) is 9.69 Å². The highest BCUT2D eigenvalue weighted by Crippen LogP contribution is 2.20. The average molecular weight is 352 g/mol. The standard InChI is InChI=1S/C18H21NO4.ClH/c1-5-12-19(13-6-2)17(7-3)23-18(21)15-10-8-9-11-16(15)22-14(4)20;/h5-11,17H,1-3,12-13H2,4H3;1H. The second-order valence-corrected chi connectivity index (χ2v) is 4.65. The molecule has 0 saturated carbocycles. The molecule has 0 radical (unpaired) electrons. The molecule has 130 valence electrons. The fourth-order valence-corrected chi connectivity index (χ4v) is 1.94. The van der Waals surface area contributed by atoms with Crippen LogP contribution < -0.4 is 4.74 Å². The highest BCUT2D eigenvalue weighted by molar-refractivity contribution is 5.93. The average Bonchev–Trinajstić information content (AvgIpc) is 2.52. The van der Waals surface area contributed by atoms with E-state index in [9.17, 15) is 9.59 Å². The van der Waals surface area contributed by atoms with Crippen LogP contribution in [0.25, 0.3) is 0 Å². The normalized spacial score (nSPS) is 10.9. The molecular weight excluding hydrogens is 330 g/mol. The molecule has 0 aliphatic rings. The summed E-state index contributed by atoms with van der Waals surface area (Å²) in [5.74, 6) is -0.956. The van der Waals surface area contributed by atoms with Crippen LogP contribution in [0.5, 0.6) is 5.75 Å². The molecule has 5 nitrogen and oxygen atoms in total. The van der Waals surface area contributed by atoms with E-state index in [1.165, 1.54) is 25.1 Å². The van der Waals surface area contributed by atoms with Crippen LogP contribution in [-0.4, -0.2) is 36.2 Å². The van der Waals surface area contributed by atoms with Crippen LogP contribution in [0.2, 0.25) is 0 Å². The number of ether oxygens (including phenoxy) is 2. The van der Waals surface area contributed by atoms with Gasteiger partial charge in [-0.05, 0) is 18.2 Å². The molecule has 0 saturated heterocycles. The van der Waals surface area contributed by atoms with Gasteiger partial charge in [0.05, 0.1) is 0 Å². The van der Waals surface area contributed by atoms with Gasteiger partial charge in [0.2, 0.25) is 0 Å². The lowest BCUT2D eigenvalue weighted by Gasteiger charge is -2.27. The fourth-order valence-electron chi connectivity index (χ4n) is 1.94. The topological polar surface area (TPSA) is 55.8 Å². The first-order valence-electron chi connectivity index (χ1n) is 7.10. The van der Waals surface area contributed by atoms with E-state index < -0.39 is 18.2 Å². The molecule has 0 bridgehead atoms. The molecule has 1 unspecified atom stereocenters. The van der Waals surface area contributed by atoms with E-state index in [0.29, 0.717) is 13.1 Å². The van der Waals surface area contributed by atoms with Gasteiger partial charge in [-0.2, -0.15) is 0 Å². The summed E-state index contributed by atoms with van der Waals surface area (Å²) >= 11 is 0. The van der Waals surface area contributed by atoms with Gasteiger partial charge >= 0.3 is 11.9 Å². The van der Waals surface area contributed by atoms with Crippen molar-refractivity contribution in [2.24, 2.45) is 0 Å². The lowest BCUT2D eigenvalue weighted by atomic mass is 10.2. The predicted octanol–water partition coefficient (Wildman–Crippen LogP) is 3.38. The Hall–Kier alpha value is -2.37. The number of halogens is 1. The quantitative estimate of drug-likeness (QED) is 0.295. The van der Waals surface area contributed by atoms with Crippen molar-refractivity contribution in [1.82, 2.24) is 4.90 Å². The summed E-state index contributed by atoms with van der Waals surface area (Å²) in [6.07, 6.45) is 4.25. The number of hydrogen-bond acceptors (Lipinski definition) is 5. The Morgan fingerprint density at radius 3 is 2.25 bits per heavy atom. The van der Waals surface area contributed by atoms with E-state index in [4.69, 9.17) is 9.47 Å². The molecule has 0 spiro atoms. The molecule has 24 heavy (non-hydrogen) atoms. The second-order valence-electron chi connectivity index (χ2n) is 4.65. The maximum Gasteiger partial charge on any atom is 0.343 e. The van der Waals surface area contributed by atoms with Crippen molar-refractivity contribution in [1.29, 1.82) is 0 Å². The van der Waals surface area contributed by atoms with Gasteiger partial charge in [0.1, 0.15) is 11.3 Å². The summed E-state index contributed by atoms with van der Waals surface area (Å²) < 4.78 is 10.5. The molecule has 1 aromatic carbocycles. The first kappa shape index (κ1) is 21.6. The van der Waals surface area contributed by atoms with E-state index in [-0.39, 0.29) is 23.7 Å². The molecule has 1 atom stereocenters. The lowest BCUT2D eigenvalue weighted by Crippen LogP contribution is -2.37.